The average Bonchev–Trinajstić information content (AvgIpc) is 1.98. The number of ether oxygens (including phenoxy) is 1. The van der Waals surface area contributed by atoms with Crippen LogP contribution in [-0.2, 0) is 9.53 Å². The largest absolute Gasteiger partial charge is 0.385 e. The first kappa shape index (κ1) is 11.2. The van der Waals surface area contributed by atoms with Gasteiger partial charge in [-0.1, -0.05) is 22.6 Å². The summed E-state index contributed by atoms with van der Waals surface area (Å²) < 4.78 is 4.91. The van der Waals surface area contributed by atoms with Gasteiger partial charge >= 0.3 is 0 Å². The third-order valence-corrected chi connectivity index (χ3v) is 2.44. The van der Waals surface area contributed by atoms with Crippen LogP contribution in [0.5, 0.6) is 0 Å². The molecule has 0 rings (SSSR count). The van der Waals surface area contributed by atoms with E-state index in [0.717, 1.165) is 6.42 Å². The van der Waals surface area contributed by atoms with Crippen LogP contribution < -0.4 is 0 Å². The molecule has 0 aliphatic rings. The number of carbonyl (C=O) groups excluding carboxylic acids is 1. The van der Waals surface area contributed by atoms with Crippen molar-refractivity contribution in [1.29, 1.82) is 0 Å². The number of amides is 1. The zero-order valence-electron chi connectivity index (χ0n) is 7.13. The minimum atomic E-state index is 0.0440. The Kier molecular flexibility index (Phi) is 5.85. The van der Waals surface area contributed by atoms with Gasteiger partial charge in [-0.05, 0) is 6.42 Å². The van der Waals surface area contributed by atoms with Crippen LogP contribution in [0.1, 0.15) is 6.42 Å². The lowest BCUT2D eigenvalue weighted by molar-refractivity contribution is -0.128. The highest BCUT2D eigenvalue weighted by Gasteiger charge is 2.15. The Balaban J connectivity index is 3.64. The summed E-state index contributed by atoms with van der Waals surface area (Å²) in [5, 5.41) is 0. The van der Waals surface area contributed by atoms with E-state index >= 15 is 0 Å². The Bertz CT molecular complexity index is 128. The number of carbonyl (C=O) groups is 1. The molecule has 0 aliphatic heterocycles. The van der Waals surface area contributed by atoms with Crippen molar-refractivity contribution in [3.63, 3.8) is 0 Å². The van der Waals surface area contributed by atoms with Crippen LogP contribution in [0, 0.1) is 0 Å². The van der Waals surface area contributed by atoms with Gasteiger partial charge in [-0.3, -0.25) is 4.79 Å². The van der Waals surface area contributed by atoms with E-state index in [0.29, 0.717) is 6.61 Å². The Labute approximate surface area is 81.2 Å². The molecule has 4 heteroatoms. The monoisotopic (exact) mass is 271 g/mol. The standard InChI is InChI=1S/C7H14INO2/c1-9(2)7(10)6(8)4-5-11-3/h6H,4-5H2,1-3H3. The van der Waals surface area contributed by atoms with Crippen LogP contribution in [0.3, 0.4) is 0 Å². The van der Waals surface area contributed by atoms with Crippen LogP contribution in [0.25, 0.3) is 0 Å². The van der Waals surface area contributed by atoms with E-state index < -0.39 is 0 Å². The fourth-order valence-corrected chi connectivity index (χ4v) is 1.44. The second kappa shape index (κ2) is 5.77. The second-order valence-electron chi connectivity index (χ2n) is 2.48. The first-order valence-electron chi connectivity index (χ1n) is 3.43. The molecule has 1 atom stereocenters. The van der Waals surface area contributed by atoms with Gasteiger partial charge in [0, 0.05) is 27.8 Å². The van der Waals surface area contributed by atoms with Crippen LogP contribution in [0.15, 0.2) is 0 Å². The smallest absolute Gasteiger partial charge is 0.235 e. The lowest BCUT2D eigenvalue weighted by Gasteiger charge is -2.14. The summed E-state index contributed by atoms with van der Waals surface area (Å²) in [5.74, 6) is 0.155. The third-order valence-electron chi connectivity index (χ3n) is 1.28. The normalized spacial score (nSPS) is 12.7. The summed E-state index contributed by atoms with van der Waals surface area (Å²) in [6, 6.07) is 0. The first-order chi connectivity index (χ1) is 5.09. The Morgan fingerprint density at radius 1 is 1.64 bits per heavy atom. The number of hydrogen-bond acceptors (Lipinski definition) is 2. The Hall–Kier alpha value is 0.160. The van der Waals surface area contributed by atoms with Crippen molar-refractivity contribution in [2.45, 2.75) is 10.3 Å². The van der Waals surface area contributed by atoms with Crippen LogP contribution >= 0.6 is 22.6 Å². The maximum absolute atomic E-state index is 11.2. The number of rotatable bonds is 4. The van der Waals surface area contributed by atoms with E-state index in [2.05, 4.69) is 22.6 Å². The van der Waals surface area contributed by atoms with Gasteiger partial charge in [0.2, 0.25) is 5.91 Å². The van der Waals surface area contributed by atoms with Gasteiger partial charge in [-0.2, -0.15) is 0 Å². The molecule has 0 spiro atoms. The van der Waals surface area contributed by atoms with Gasteiger partial charge in [0.25, 0.3) is 0 Å². The molecule has 0 aromatic heterocycles. The summed E-state index contributed by atoms with van der Waals surface area (Å²) >= 11 is 2.13. The van der Waals surface area contributed by atoms with Gasteiger partial charge in [-0.15, -0.1) is 0 Å². The molecule has 0 aromatic rings. The first-order valence-corrected chi connectivity index (χ1v) is 4.68. The van der Waals surface area contributed by atoms with Crippen molar-refractivity contribution in [1.82, 2.24) is 4.90 Å². The van der Waals surface area contributed by atoms with Crippen molar-refractivity contribution < 1.29 is 9.53 Å². The maximum Gasteiger partial charge on any atom is 0.235 e. The zero-order chi connectivity index (χ0) is 8.85. The number of hydrogen-bond donors (Lipinski definition) is 0. The lowest BCUT2D eigenvalue weighted by Crippen LogP contribution is -2.30. The number of methoxy groups -OCH3 is 1. The second-order valence-corrected chi connectivity index (χ2v) is 3.99. The van der Waals surface area contributed by atoms with Gasteiger partial charge in [-0.25, -0.2) is 0 Å². The molecule has 0 bridgehead atoms. The molecule has 11 heavy (non-hydrogen) atoms. The summed E-state index contributed by atoms with van der Waals surface area (Å²) in [4.78, 5) is 12.8. The average molecular weight is 271 g/mol. The predicted molar refractivity (Wildman–Crippen MR) is 53.0 cm³/mol. The minimum absolute atomic E-state index is 0.0440. The van der Waals surface area contributed by atoms with E-state index in [4.69, 9.17) is 4.74 Å². The summed E-state index contributed by atoms with van der Waals surface area (Å²) in [6.45, 7) is 0.646. The predicted octanol–water partition coefficient (Wildman–Crippen LogP) is 0.915. The number of nitrogens with zero attached hydrogens (tertiary/aromatic N) is 1. The van der Waals surface area contributed by atoms with Gasteiger partial charge in [0.1, 0.15) is 0 Å². The highest BCUT2D eigenvalue weighted by Crippen LogP contribution is 2.08. The van der Waals surface area contributed by atoms with Gasteiger partial charge in [0.05, 0.1) is 3.92 Å². The molecule has 0 saturated heterocycles. The SMILES string of the molecule is COCCC(I)C(=O)N(C)C. The van der Waals surface area contributed by atoms with E-state index in [1.807, 2.05) is 0 Å². The molecule has 0 fully saturated rings. The quantitative estimate of drug-likeness (QED) is 0.562. The van der Waals surface area contributed by atoms with E-state index in [1.54, 1.807) is 26.1 Å². The van der Waals surface area contributed by atoms with Crippen molar-refractivity contribution in [3.8, 4) is 0 Å². The molecule has 0 aliphatic carbocycles. The van der Waals surface area contributed by atoms with Gasteiger partial charge < -0.3 is 9.64 Å². The zero-order valence-corrected chi connectivity index (χ0v) is 9.29. The molecule has 3 nitrogen and oxygen atoms in total. The van der Waals surface area contributed by atoms with E-state index in [-0.39, 0.29) is 9.83 Å². The molecule has 0 N–H and O–H groups in total. The molecule has 0 radical (unpaired) electrons. The van der Waals surface area contributed by atoms with Crippen molar-refractivity contribution in [2.24, 2.45) is 0 Å². The topological polar surface area (TPSA) is 29.5 Å². The van der Waals surface area contributed by atoms with E-state index in [1.165, 1.54) is 0 Å². The fourth-order valence-electron chi connectivity index (χ4n) is 0.625. The lowest BCUT2D eigenvalue weighted by atomic mass is 10.3. The minimum Gasteiger partial charge on any atom is -0.385 e. The van der Waals surface area contributed by atoms with Crippen LogP contribution in [-0.4, -0.2) is 42.5 Å². The molecule has 0 saturated carbocycles. The van der Waals surface area contributed by atoms with Crippen molar-refractivity contribution in [3.05, 3.63) is 0 Å². The maximum atomic E-state index is 11.2. The molecule has 1 amide bonds. The summed E-state index contributed by atoms with van der Waals surface area (Å²) in [7, 11) is 5.17. The highest BCUT2D eigenvalue weighted by molar-refractivity contribution is 14.1. The molecule has 1 unspecified atom stereocenters. The molecule has 0 aromatic carbocycles. The fraction of sp³-hybridized carbons (Fsp3) is 0.857. The third kappa shape index (κ3) is 4.58. The molecular formula is C7H14INO2. The molecular weight excluding hydrogens is 257 g/mol. The summed E-state index contributed by atoms with van der Waals surface area (Å²) in [6.07, 6.45) is 0.786. The molecule has 66 valence electrons. The number of alkyl halides is 1. The molecule has 0 heterocycles. The summed E-state index contributed by atoms with van der Waals surface area (Å²) in [5.41, 5.74) is 0. The van der Waals surface area contributed by atoms with Crippen LogP contribution in [0.2, 0.25) is 0 Å². The van der Waals surface area contributed by atoms with Crippen molar-refractivity contribution >= 4 is 28.5 Å². The number of halogens is 1. The van der Waals surface area contributed by atoms with Gasteiger partial charge in [0.15, 0.2) is 0 Å². The van der Waals surface area contributed by atoms with Crippen LogP contribution in [0.4, 0.5) is 0 Å². The Morgan fingerprint density at radius 3 is 2.55 bits per heavy atom. The van der Waals surface area contributed by atoms with E-state index in [9.17, 15) is 4.79 Å². The van der Waals surface area contributed by atoms with Crippen molar-refractivity contribution in [2.75, 3.05) is 27.8 Å². The Morgan fingerprint density at radius 2 is 2.18 bits per heavy atom. The highest BCUT2D eigenvalue weighted by atomic mass is 127.